The van der Waals surface area contributed by atoms with Crippen molar-refractivity contribution in [3.05, 3.63) is 70.4 Å². The molecule has 0 heterocycles. The lowest BCUT2D eigenvalue weighted by Gasteiger charge is -2.08. The van der Waals surface area contributed by atoms with Gasteiger partial charge in [0.2, 0.25) is 0 Å². The minimum absolute atomic E-state index is 0.0591. The van der Waals surface area contributed by atoms with Crippen molar-refractivity contribution in [2.75, 3.05) is 6.61 Å². The standard InChI is InChI=1S/C18H16O2/c1-12(11-19)14-8-9-17-15(10-14)7-6-13-4-2-3-5-16(13)18(17)20/h2-10,12,19H,11H2,1H3. The van der Waals surface area contributed by atoms with E-state index >= 15 is 0 Å². The summed E-state index contributed by atoms with van der Waals surface area (Å²) in [4.78, 5) is 12.6. The Labute approximate surface area is 117 Å². The first-order valence-electron chi connectivity index (χ1n) is 6.77. The molecule has 0 fully saturated rings. The van der Waals surface area contributed by atoms with E-state index in [2.05, 4.69) is 0 Å². The highest BCUT2D eigenvalue weighted by Crippen LogP contribution is 2.21. The molecule has 3 aromatic carbocycles. The van der Waals surface area contributed by atoms with Gasteiger partial charge in [-0.1, -0.05) is 61.5 Å². The molecule has 0 spiro atoms. The molecule has 0 saturated carbocycles. The molecule has 3 aromatic rings. The Balaban J connectivity index is 2.39. The number of hydrogen-bond donors (Lipinski definition) is 1. The predicted molar refractivity (Wildman–Crippen MR) is 83.2 cm³/mol. The van der Waals surface area contributed by atoms with Crippen molar-refractivity contribution in [1.29, 1.82) is 0 Å². The Hall–Kier alpha value is -2.19. The molecule has 0 saturated heterocycles. The molecule has 0 radical (unpaired) electrons. The molecule has 0 aliphatic carbocycles. The third-order valence-corrected chi connectivity index (χ3v) is 3.81. The summed E-state index contributed by atoms with van der Waals surface area (Å²) in [5, 5.41) is 12.6. The van der Waals surface area contributed by atoms with Crippen molar-refractivity contribution in [1.82, 2.24) is 0 Å². The highest BCUT2D eigenvalue weighted by Gasteiger charge is 2.07. The fourth-order valence-corrected chi connectivity index (χ4v) is 2.51. The van der Waals surface area contributed by atoms with Crippen LogP contribution in [0, 0.1) is 0 Å². The van der Waals surface area contributed by atoms with Gasteiger partial charge in [0.1, 0.15) is 0 Å². The summed E-state index contributed by atoms with van der Waals surface area (Å²) in [5.41, 5.74) is 1.11. The first-order chi connectivity index (χ1) is 9.70. The SMILES string of the molecule is CC(CO)c1ccc2c(=O)c3ccccc3ccc2c1. The van der Waals surface area contributed by atoms with Crippen molar-refractivity contribution in [3.8, 4) is 0 Å². The number of aliphatic hydroxyl groups is 1. The van der Waals surface area contributed by atoms with Gasteiger partial charge in [0, 0.05) is 23.3 Å². The van der Waals surface area contributed by atoms with Crippen LogP contribution in [0.25, 0.3) is 21.5 Å². The summed E-state index contributed by atoms with van der Waals surface area (Å²) in [7, 11) is 0. The summed E-state index contributed by atoms with van der Waals surface area (Å²) in [6, 6.07) is 17.4. The number of aliphatic hydroxyl groups excluding tert-OH is 1. The third-order valence-electron chi connectivity index (χ3n) is 3.81. The van der Waals surface area contributed by atoms with Crippen molar-refractivity contribution in [2.45, 2.75) is 12.8 Å². The van der Waals surface area contributed by atoms with E-state index in [1.165, 1.54) is 0 Å². The van der Waals surface area contributed by atoms with Crippen molar-refractivity contribution in [2.24, 2.45) is 0 Å². The van der Waals surface area contributed by atoms with Gasteiger partial charge in [-0.25, -0.2) is 0 Å². The first kappa shape index (κ1) is 12.8. The summed E-state index contributed by atoms with van der Waals surface area (Å²) in [6.07, 6.45) is 0. The second-order valence-corrected chi connectivity index (χ2v) is 5.18. The Morgan fingerprint density at radius 1 is 0.950 bits per heavy atom. The Bertz CT molecular complexity index is 837. The monoisotopic (exact) mass is 264 g/mol. The number of rotatable bonds is 2. The summed E-state index contributed by atoms with van der Waals surface area (Å²) in [6.45, 7) is 2.08. The lowest BCUT2D eigenvalue weighted by Crippen LogP contribution is -2.01. The number of fused-ring (bicyclic) bond motifs is 2. The second-order valence-electron chi connectivity index (χ2n) is 5.18. The zero-order valence-corrected chi connectivity index (χ0v) is 11.3. The van der Waals surface area contributed by atoms with E-state index in [1.54, 1.807) is 0 Å². The van der Waals surface area contributed by atoms with Crippen LogP contribution in [0.5, 0.6) is 0 Å². The lowest BCUT2D eigenvalue weighted by atomic mass is 9.99. The van der Waals surface area contributed by atoms with Crippen LogP contribution in [-0.2, 0) is 0 Å². The second kappa shape index (κ2) is 5.06. The topological polar surface area (TPSA) is 37.3 Å². The number of hydrogen-bond acceptors (Lipinski definition) is 2. The van der Waals surface area contributed by atoms with Crippen molar-refractivity contribution >= 4 is 21.5 Å². The molecule has 3 rings (SSSR count). The van der Waals surface area contributed by atoms with Crippen LogP contribution in [0.2, 0.25) is 0 Å². The van der Waals surface area contributed by atoms with E-state index in [9.17, 15) is 9.90 Å². The van der Waals surface area contributed by atoms with Gasteiger partial charge >= 0.3 is 0 Å². The van der Waals surface area contributed by atoms with E-state index in [1.807, 2.05) is 61.5 Å². The van der Waals surface area contributed by atoms with Crippen LogP contribution >= 0.6 is 0 Å². The summed E-state index contributed by atoms with van der Waals surface area (Å²) >= 11 is 0. The average molecular weight is 264 g/mol. The largest absolute Gasteiger partial charge is 0.396 e. The van der Waals surface area contributed by atoms with Crippen LogP contribution in [0.1, 0.15) is 18.4 Å². The molecule has 1 unspecified atom stereocenters. The smallest absolute Gasteiger partial charge is 0.194 e. The Kier molecular flexibility index (Phi) is 3.25. The van der Waals surface area contributed by atoms with E-state index in [4.69, 9.17) is 0 Å². The molecular weight excluding hydrogens is 248 g/mol. The number of benzene rings is 2. The molecule has 0 aliphatic heterocycles. The molecule has 1 atom stereocenters. The van der Waals surface area contributed by atoms with Crippen LogP contribution in [0.3, 0.4) is 0 Å². The normalized spacial score (nSPS) is 12.7. The molecule has 2 heteroatoms. The lowest BCUT2D eigenvalue weighted by molar-refractivity contribution is 0.273. The highest BCUT2D eigenvalue weighted by atomic mass is 16.3. The van der Waals surface area contributed by atoms with Gasteiger partial charge in [0.05, 0.1) is 0 Å². The van der Waals surface area contributed by atoms with E-state index in [0.717, 1.165) is 27.1 Å². The van der Waals surface area contributed by atoms with Gasteiger partial charge in [-0.05, 0) is 16.3 Å². The molecule has 2 nitrogen and oxygen atoms in total. The molecular formula is C18H16O2. The van der Waals surface area contributed by atoms with Crippen molar-refractivity contribution in [3.63, 3.8) is 0 Å². The van der Waals surface area contributed by atoms with Crippen LogP contribution in [0.4, 0.5) is 0 Å². The van der Waals surface area contributed by atoms with Gasteiger partial charge in [0.15, 0.2) is 5.43 Å². The highest BCUT2D eigenvalue weighted by molar-refractivity contribution is 5.93. The maximum absolute atomic E-state index is 12.6. The molecule has 20 heavy (non-hydrogen) atoms. The van der Waals surface area contributed by atoms with Gasteiger partial charge in [-0.3, -0.25) is 4.79 Å². The zero-order chi connectivity index (χ0) is 14.1. The van der Waals surface area contributed by atoms with Crippen LogP contribution in [-0.4, -0.2) is 11.7 Å². The van der Waals surface area contributed by atoms with E-state index in [-0.39, 0.29) is 18.0 Å². The summed E-state index contributed by atoms with van der Waals surface area (Å²) in [5.74, 6) is 0.0782. The maximum Gasteiger partial charge on any atom is 0.194 e. The average Bonchev–Trinajstić information content (AvgIpc) is 2.64. The van der Waals surface area contributed by atoms with Crippen LogP contribution < -0.4 is 5.43 Å². The fourth-order valence-electron chi connectivity index (χ4n) is 2.51. The molecule has 1 N–H and O–H groups in total. The van der Waals surface area contributed by atoms with Gasteiger partial charge in [-0.15, -0.1) is 0 Å². The van der Waals surface area contributed by atoms with E-state index in [0.29, 0.717) is 0 Å². The van der Waals surface area contributed by atoms with Crippen molar-refractivity contribution < 1.29 is 5.11 Å². The Morgan fingerprint density at radius 3 is 2.45 bits per heavy atom. The molecule has 0 amide bonds. The maximum atomic E-state index is 12.6. The fraction of sp³-hybridized carbons (Fsp3) is 0.167. The predicted octanol–water partition coefficient (Wildman–Crippen LogP) is 3.45. The summed E-state index contributed by atoms with van der Waals surface area (Å²) < 4.78 is 0. The van der Waals surface area contributed by atoms with Crippen LogP contribution in [0.15, 0.2) is 59.4 Å². The van der Waals surface area contributed by atoms with E-state index < -0.39 is 0 Å². The molecule has 0 aromatic heterocycles. The quantitative estimate of drug-likeness (QED) is 0.769. The third kappa shape index (κ3) is 2.08. The molecule has 0 aliphatic rings. The minimum Gasteiger partial charge on any atom is -0.396 e. The van der Waals surface area contributed by atoms with Gasteiger partial charge in [-0.2, -0.15) is 0 Å². The van der Waals surface area contributed by atoms with Gasteiger partial charge < -0.3 is 5.11 Å². The Morgan fingerprint density at radius 2 is 1.65 bits per heavy atom. The zero-order valence-electron chi connectivity index (χ0n) is 11.3. The van der Waals surface area contributed by atoms with Gasteiger partial charge in [0.25, 0.3) is 0 Å². The first-order valence-corrected chi connectivity index (χ1v) is 6.77. The molecule has 0 bridgehead atoms. The molecule has 100 valence electrons. The minimum atomic E-state index is 0.0591.